The highest BCUT2D eigenvalue weighted by Gasteiger charge is 2.23. The van der Waals surface area contributed by atoms with Crippen molar-refractivity contribution >= 4 is 0 Å². The van der Waals surface area contributed by atoms with Crippen molar-refractivity contribution in [2.45, 2.75) is 26.1 Å². The zero-order chi connectivity index (χ0) is 9.26. The van der Waals surface area contributed by atoms with E-state index in [4.69, 9.17) is 5.73 Å². The van der Waals surface area contributed by atoms with Crippen molar-refractivity contribution in [2.24, 2.45) is 5.73 Å². The van der Waals surface area contributed by atoms with Gasteiger partial charge in [-0.1, -0.05) is 0 Å². The molecule has 13 heavy (non-hydrogen) atoms. The third-order valence-electron chi connectivity index (χ3n) is 2.51. The quantitative estimate of drug-likeness (QED) is 0.714. The normalized spacial score (nSPS) is 18.9. The molecule has 0 radical (unpaired) electrons. The average Bonchev–Trinajstić information content (AvgIpc) is 2.49. The van der Waals surface area contributed by atoms with Gasteiger partial charge in [0.1, 0.15) is 0 Å². The Kier molecular flexibility index (Phi) is 2.33. The Morgan fingerprint density at radius 1 is 1.62 bits per heavy atom. The fraction of sp³-hybridized carbons (Fsp3) is 0.667. The molecule has 0 saturated carbocycles. The van der Waals surface area contributed by atoms with Crippen LogP contribution in [0.5, 0.6) is 0 Å². The smallest absolute Gasteiger partial charge is 0.0948 e. The van der Waals surface area contributed by atoms with E-state index in [-0.39, 0.29) is 0 Å². The summed E-state index contributed by atoms with van der Waals surface area (Å²) in [5, 5.41) is 0. The second kappa shape index (κ2) is 3.47. The van der Waals surface area contributed by atoms with Gasteiger partial charge in [0.25, 0.3) is 0 Å². The van der Waals surface area contributed by atoms with E-state index in [2.05, 4.69) is 21.4 Å². The first-order valence-corrected chi connectivity index (χ1v) is 4.76. The van der Waals surface area contributed by atoms with Crippen LogP contribution in [0.25, 0.3) is 0 Å². The molecule has 0 amide bonds. The Morgan fingerprint density at radius 2 is 2.38 bits per heavy atom. The topological polar surface area (TPSA) is 47.1 Å². The number of likely N-dealkylation sites (tertiary alicyclic amines) is 1. The molecule has 0 unspecified atom stereocenters. The molecule has 0 aromatic carbocycles. The zero-order valence-corrected chi connectivity index (χ0v) is 7.98. The van der Waals surface area contributed by atoms with Crippen molar-refractivity contribution in [3.63, 3.8) is 0 Å². The van der Waals surface area contributed by atoms with Gasteiger partial charge in [-0.2, -0.15) is 0 Å². The Labute approximate surface area is 78.4 Å². The Balaban J connectivity index is 1.94. The van der Waals surface area contributed by atoms with Crippen molar-refractivity contribution in [1.82, 2.24) is 14.5 Å². The molecule has 1 aliphatic heterocycles. The molecule has 1 aromatic rings. The Hall–Kier alpha value is -0.870. The lowest BCUT2D eigenvalue weighted by Crippen LogP contribution is -2.55. The van der Waals surface area contributed by atoms with Gasteiger partial charge in [-0.3, -0.25) is 4.90 Å². The number of aromatic nitrogens is 2. The van der Waals surface area contributed by atoms with Crippen LogP contribution in [0.4, 0.5) is 0 Å². The predicted molar refractivity (Wildman–Crippen MR) is 51.2 cm³/mol. The van der Waals surface area contributed by atoms with E-state index in [1.807, 2.05) is 12.5 Å². The number of aryl methyl sites for hydroxylation is 1. The first-order valence-electron chi connectivity index (χ1n) is 4.76. The van der Waals surface area contributed by atoms with E-state index in [0.717, 1.165) is 26.2 Å². The highest BCUT2D eigenvalue weighted by Crippen LogP contribution is 2.11. The van der Waals surface area contributed by atoms with Gasteiger partial charge in [0.05, 0.1) is 12.0 Å². The molecule has 1 saturated heterocycles. The molecule has 4 heteroatoms. The maximum atomic E-state index is 5.70. The van der Waals surface area contributed by atoms with Crippen LogP contribution in [0.1, 0.15) is 12.6 Å². The van der Waals surface area contributed by atoms with Gasteiger partial charge < -0.3 is 10.3 Å². The molecule has 0 bridgehead atoms. The Morgan fingerprint density at radius 3 is 3.00 bits per heavy atom. The summed E-state index contributed by atoms with van der Waals surface area (Å²) in [6, 6.07) is 0.387. The van der Waals surface area contributed by atoms with Crippen LogP contribution in [0.15, 0.2) is 12.5 Å². The number of hydrogen-bond donors (Lipinski definition) is 1. The Bertz CT molecular complexity index is 275. The molecule has 2 rings (SSSR count). The monoisotopic (exact) mass is 180 g/mol. The lowest BCUT2D eigenvalue weighted by atomic mass is 10.1. The minimum absolute atomic E-state index is 0.387. The third-order valence-corrected chi connectivity index (χ3v) is 2.51. The summed E-state index contributed by atoms with van der Waals surface area (Å²) >= 11 is 0. The second-order valence-electron chi connectivity index (χ2n) is 3.63. The van der Waals surface area contributed by atoms with Gasteiger partial charge in [-0.25, -0.2) is 4.98 Å². The van der Waals surface area contributed by atoms with E-state index in [9.17, 15) is 0 Å². The van der Waals surface area contributed by atoms with Crippen molar-refractivity contribution in [3.05, 3.63) is 18.2 Å². The van der Waals surface area contributed by atoms with Crippen LogP contribution in [-0.4, -0.2) is 33.6 Å². The standard InChI is InChI=1S/C9H16N4/c1-2-13-7-11-3-9(13)6-12-4-8(10)5-12/h3,7-8H,2,4-6,10H2,1H3. The lowest BCUT2D eigenvalue weighted by molar-refractivity contribution is 0.139. The molecule has 2 heterocycles. The molecular formula is C9H16N4. The van der Waals surface area contributed by atoms with E-state index < -0.39 is 0 Å². The zero-order valence-electron chi connectivity index (χ0n) is 7.98. The average molecular weight is 180 g/mol. The maximum Gasteiger partial charge on any atom is 0.0948 e. The summed E-state index contributed by atoms with van der Waals surface area (Å²) in [5.41, 5.74) is 6.99. The second-order valence-corrected chi connectivity index (χ2v) is 3.63. The third kappa shape index (κ3) is 1.73. The SMILES string of the molecule is CCn1cncc1CN1CC(N)C1. The first kappa shape index (κ1) is 8.72. The highest BCUT2D eigenvalue weighted by molar-refractivity contribution is 5.00. The number of hydrogen-bond acceptors (Lipinski definition) is 3. The molecule has 1 aromatic heterocycles. The molecule has 72 valence electrons. The van der Waals surface area contributed by atoms with Crippen LogP contribution in [0, 0.1) is 0 Å². The summed E-state index contributed by atoms with van der Waals surface area (Å²) in [7, 11) is 0. The fourth-order valence-electron chi connectivity index (χ4n) is 1.73. The summed E-state index contributed by atoms with van der Waals surface area (Å²) in [5.74, 6) is 0. The maximum absolute atomic E-state index is 5.70. The minimum Gasteiger partial charge on any atom is -0.334 e. The van der Waals surface area contributed by atoms with Gasteiger partial charge in [0.2, 0.25) is 0 Å². The highest BCUT2D eigenvalue weighted by atomic mass is 15.2. The number of imidazole rings is 1. The summed E-state index contributed by atoms with van der Waals surface area (Å²) < 4.78 is 2.17. The summed E-state index contributed by atoms with van der Waals surface area (Å²) in [6.07, 6.45) is 3.82. The molecule has 4 nitrogen and oxygen atoms in total. The largest absolute Gasteiger partial charge is 0.334 e. The van der Waals surface area contributed by atoms with Crippen LogP contribution < -0.4 is 5.73 Å². The van der Waals surface area contributed by atoms with E-state index in [1.54, 1.807) is 0 Å². The van der Waals surface area contributed by atoms with Gasteiger partial charge in [-0.05, 0) is 6.92 Å². The molecule has 1 fully saturated rings. The summed E-state index contributed by atoms with van der Waals surface area (Å²) in [4.78, 5) is 6.47. The lowest BCUT2D eigenvalue weighted by Gasteiger charge is -2.36. The molecular weight excluding hydrogens is 164 g/mol. The number of nitrogens with two attached hydrogens (primary N) is 1. The molecule has 0 aliphatic carbocycles. The van der Waals surface area contributed by atoms with Crippen molar-refractivity contribution < 1.29 is 0 Å². The van der Waals surface area contributed by atoms with Crippen molar-refractivity contribution in [1.29, 1.82) is 0 Å². The molecule has 1 aliphatic rings. The predicted octanol–water partition coefficient (Wildman–Crippen LogP) is 0.0459. The van der Waals surface area contributed by atoms with Gasteiger partial charge in [0.15, 0.2) is 0 Å². The van der Waals surface area contributed by atoms with Crippen LogP contribution >= 0.6 is 0 Å². The number of rotatable bonds is 3. The molecule has 2 N–H and O–H groups in total. The van der Waals surface area contributed by atoms with Crippen LogP contribution in [0.3, 0.4) is 0 Å². The van der Waals surface area contributed by atoms with E-state index in [1.165, 1.54) is 5.69 Å². The molecule has 0 spiro atoms. The first-order chi connectivity index (χ1) is 6.29. The van der Waals surface area contributed by atoms with Gasteiger partial charge in [-0.15, -0.1) is 0 Å². The summed E-state index contributed by atoms with van der Waals surface area (Å²) in [6.45, 7) is 6.16. The van der Waals surface area contributed by atoms with E-state index >= 15 is 0 Å². The van der Waals surface area contributed by atoms with Gasteiger partial charge >= 0.3 is 0 Å². The fourth-order valence-corrected chi connectivity index (χ4v) is 1.73. The number of nitrogens with zero attached hydrogens (tertiary/aromatic N) is 3. The minimum atomic E-state index is 0.387. The van der Waals surface area contributed by atoms with Crippen LogP contribution in [-0.2, 0) is 13.1 Å². The van der Waals surface area contributed by atoms with Gasteiger partial charge in [0, 0.05) is 38.4 Å². The van der Waals surface area contributed by atoms with Crippen molar-refractivity contribution in [2.75, 3.05) is 13.1 Å². The van der Waals surface area contributed by atoms with E-state index in [0.29, 0.717) is 6.04 Å². The van der Waals surface area contributed by atoms with Crippen LogP contribution in [0.2, 0.25) is 0 Å². The van der Waals surface area contributed by atoms with Crippen molar-refractivity contribution in [3.8, 4) is 0 Å². The molecule has 0 atom stereocenters.